The first kappa shape index (κ1) is 12.0. The van der Waals surface area contributed by atoms with Gasteiger partial charge in [-0.1, -0.05) is 0 Å². The molecule has 4 atom stereocenters. The van der Waals surface area contributed by atoms with Crippen LogP contribution in [0.2, 0.25) is 0 Å². The van der Waals surface area contributed by atoms with Gasteiger partial charge in [0.25, 0.3) is 12.9 Å². The second kappa shape index (κ2) is 5.70. The molecule has 0 aliphatic heterocycles. The van der Waals surface area contributed by atoms with Gasteiger partial charge in [0.2, 0.25) is 0 Å². The van der Waals surface area contributed by atoms with Crippen LogP contribution >= 0.6 is 0 Å². The van der Waals surface area contributed by atoms with E-state index in [2.05, 4.69) is 0 Å². The van der Waals surface area contributed by atoms with Crippen LogP contribution in [-0.4, -0.2) is 35.9 Å². The number of carbonyl (C=O) groups excluding carboxylic acids is 1. The van der Waals surface area contributed by atoms with Crippen LogP contribution in [0.5, 0.6) is 0 Å². The summed E-state index contributed by atoms with van der Waals surface area (Å²) in [4.78, 5) is 18.5. The van der Waals surface area contributed by atoms with Gasteiger partial charge in [0.15, 0.2) is 0 Å². The Morgan fingerprint density at radius 1 is 1.33 bits per heavy atom. The highest BCUT2D eigenvalue weighted by Gasteiger charge is 2.48. The van der Waals surface area contributed by atoms with E-state index in [1.54, 1.807) is 0 Å². The zero-order valence-electron chi connectivity index (χ0n) is 8.41. The molecule has 2 fully saturated rings. The topological polar surface area (TPSA) is 83.8 Å². The molecule has 0 spiro atoms. The summed E-state index contributed by atoms with van der Waals surface area (Å²) >= 11 is 0. The first-order valence-corrected chi connectivity index (χ1v) is 5.06. The Labute approximate surface area is 88.0 Å². The van der Waals surface area contributed by atoms with Crippen LogP contribution in [0.4, 0.5) is 0 Å². The third kappa shape index (κ3) is 2.47. The molecule has 2 bridgehead atoms. The number of hydrogen-bond acceptors (Lipinski definition) is 4. The van der Waals surface area contributed by atoms with Gasteiger partial charge in [-0.15, -0.1) is 0 Å². The number of aliphatic hydroxyl groups excluding tert-OH is 1. The Morgan fingerprint density at radius 3 is 2.47 bits per heavy atom. The predicted molar refractivity (Wildman–Crippen MR) is 51.0 cm³/mol. The van der Waals surface area contributed by atoms with Crippen molar-refractivity contribution in [1.82, 2.24) is 0 Å². The fraction of sp³-hybridized carbons (Fsp3) is 0.800. The molecule has 0 amide bonds. The summed E-state index contributed by atoms with van der Waals surface area (Å²) in [5.74, 6) is 1.44. The van der Waals surface area contributed by atoms with Gasteiger partial charge in [0, 0.05) is 12.5 Å². The maximum atomic E-state index is 10.1. The van der Waals surface area contributed by atoms with E-state index in [0.717, 1.165) is 12.8 Å². The zero-order valence-corrected chi connectivity index (χ0v) is 8.41. The lowest BCUT2D eigenvalue weighted by Crippen LogP contribution is -2.22. The van der Waals surface area contributed by atoms with Gasteiger partial charge >= 0.3 is 0 Å². The number of carboxylic acid groups (broad SMARTS) is 1. The van der Waals surface area contributed by atoms with E-state index in [9.17, 15) is 4.79 Å². The van der Waals surface area contributed by atoms with Gasteiger partial charge in [-0.3, -0.25) is 9.59 Å². The van der Waals surface area contributed by atoms with Crippen molar-refractivity contribution in [2.24, 2.45) is 17.8 Å². The van der Waals surface area contributed by atoms with Gasteiger partial charge in [-0.25, -0.2) is 0 Å². The summed E-state index contributed by atoms with van der Waals surface area (Å²) < 4.78 is 4.98. The zero-order chi connectivity index (χ0) is 11.3. The normalized spacial score (nSPS) is 36.6. The van der Waals surface area contributed by atoms with Crippen molar-refractivity contribution in [2.75, 3.05) is 6.61 Å². The van der Waals surface area contributed by atoms with Crippen molar-refractivity contribution in [3.05, 3.63) is 0 Å². The fourth-order valence-corrected chi connectivity index (χ4v) is 2.92. The predicted octanol–water partition coefficient (Wildman–Crippen LogP) is 0.267. The molecule has 0 aromatic heterocycles. The Bertz CT molecular complexity index is 218. The minimum Gasteiger partial charge on any atom is -0.483 e. The highest BCUT2D eigenvalue weighted by molar-refractivity contribution is 5.37. The van der Waals surface area contributed by atoms with E-state index in [0.29, 0.717) is 24.2 Å². The van der Waals surface area contributed by atoms with Crippen molar-refractivity contribution >= 4 is 12.9 Å². The van der Waals surface area contributed by atoms with Crippen LogP contribution in [0, 0.1) is 17.8 Å². The van der Waals surface area contributed by atoms with Crippen molar-refractivity contribution in [3.63, 3.8) is 0 Å². The average Bonchev–Trinajstić information content (AvgIpc) is 2.75. The van der Waals surface area contributed by atoms with Gasteiger partial charge in [0.05, 0.1) is 0 Å². The second-order valence-electron chi connectivity index (χ2n) is 3.96. The molecular formula is C10H16O5. The van der Waals surface area contributed by atoms with Crippen molar-refractivity contribution in [1.29, 1.82) is 0 Å². The van der Waals surface area contributed by atoms with E-state index in [4.69, 9.17) is 19.7 Å². The quantitative estimate of drug-likeness (QED) is 0.661. The lowest BCUT2D eigenvalue weighted by Gasteiger charge is -2.19. The molecule has 2 aliphatic rings. The monoisotopic (exact) mass is 216 g/mol. The molecule has 0 radical (unpaired) electrons. The first-order valence-electron chi connectivity index (χ1n) is 5.06. The van der Waals surface area contributed by atoms with E-state index in [-0.39, 0.29) is 19.2 Å². The van der Waals surface area contributed by atoms with Gasteiger partial charge in [0.1, 0.15) is 6.10 Å². The lowest BCUT2D eigenvalue weighted by molar-refractivity contribution is -0.136. The molecule has 5 nitrogen and oxygen atoms in total. The summed E-state index contributed by atoms with van der Waals surface area (Å²) in [7, 11) is 0. The van der Waals surface area contributed by atoms with Crippen molar-refractivity contribution < 1.29 is 24.5 Å². The molecule has 0 heterocycles. The van der Waals surface area contributed by atoms with Crippen LogP contribution in [-0.2, 0) is 14.3 Å². The standard InChI is InChI=1S/C9H14O3.CH2O2/c10-4-8-6-1-2-7(8)9(3-6)12-5-11;2-1-3/h5-10H,1-4H2;1H,(H,2,3). The number of aliphatic hydroxyl groups is 1. The lowest BCUT2D eigenvalue weighted by atomic mass is 9.97. The molecule has 5 heteroatoms. The molecule has 2 saturated carbocycles. The molecule has 86 valence electrons. The highest BCUT2D eigenvalue weighted by atomic mass is 16.5. The largest absolute Gasteiger partial charge is 0.483 e. The van der Waals surface area contributed by atoms with E-state index in [1.807, 2.05) is 0 Å². The molecule has 0 saturated heterocycles. The Hall–Kier alpha value is -1.10. The molecular weight excluding hydrogens is 200 g/mol. The Morgan fingerprint density at radius 2 is 2.00 bits per heavy atom. The maximum absolute atomic E-state index is 10.1. The second-order valence-corrected chi connectivity index (χ2v) is 3.96. The van der Waals surface area contributed by atoms with Gasteiger partial charge in [-0.05, 0) is 31.1 Å². The van der Waals surface area contributed by atoms with E-state index < -0.39 is 0 Å². The molecule has 2 rings (SSSR count). The fourth-order valence-electron chi connectivity index (χ4n) is 2.92. The molecule has 0 aromatic carbocycles. The number of hydrogen-bond donors (Lipinski definition) is 2. The van der Waals surface area contributed by atoms with Gasteiger partial charge < -0.3 is 14.9 Å². The van der Waals surface area contributed by atoms with Crippen LogP contribution in [0.25, 0.3) is 0 Å². The summed E-state index contributed by atoms with van der Waals surface area (Å²) in [6.07, 6.45) is 3.39. The number of ether oxygens (including phenoxy) is 1. The number of carbonyl (C=O) groups is 2. The van der Waals surface area contributed by atoms with Crippen LogP contribution in [0.1, 0.15) is 19.3 Å². The van der Waals surface area contributed by atoms with E-state index in [1.165, 1.54) is 6.42 Å². The third-order valence-corrected chi connectivity index (χ3v) is 3.48. The summed E-state index contributed by atoms with van der Waals surface area (Å²) in [6.45, 7) is 0.549. The third-order valence-electron chi connectivity index (χ3n) is 3.48. The molecule has 2 aliphatic carbocycles. The number of rotatable bonds is 3. The smallest absolute Gasteiger partial charge is 0.293 e. The Balaban J connectivity index is 0.000000337. The van der Waals surface area contributed by atoms with Crippen molar-refractivity contribution in [3.8, 4) is 0 Å². The van der Waals surface area contributed by atoms with Crippen LogP contribution in [0.3, 0.4) is 0 Å². The summed E-state index contributed by atoms with van der Waals surface area (Å²) in [5, 5.41) is 16.0. The first-order chi connectivity index (χ1) is 7.28. The molecule has 15 heavy (non-hydrogen) atoms. The number of fused-ring (bicyclic) bond motifs is 2. The molecule has 0 aromatic rings. The van der Waals surface area contributed by atoms with Crippen LogP contribution < -0.4 is 0 Å². The minimum absolute atomic E-state index is 0.0957. The highest BCUT2D eigenvalue weighted by Crippen LogP contribution is 2.50. The van der Waals surface area contributed by atoms with Gasteiger partial charge in [-0.2, -0.15) is 0 Å². The minimum atomic E-state index is -0.250. The Kier molecular flexibility index (Phi) is 4.55. The van der Waals surface area contributed by atoms with E-state index >= 15 is 0 Å². The van der Waals surface area contributed by atoms with Crippen LogP contribution in [0.15, 0.2) is 0 Å². The van der Waals surface area contributed by atoms with Crippen molar-refractivity contribution in [2.45, 2.75) is 25.4 Å². The average molecular weight is 216 g/mol. The molecule has 2 N–H and O–H groups in total. The maximum Gasteiger partial charge on any atom is 0.293 e. The summed E-state index contributed by atoms with van der Waals surface area (Å²) in [6, 6.07) is 0. The summed E-state index contributed by atoms with van der Waals surface area (Å²) in [5.41, 5.74) is 0. The molecule has 4 unspecified atom stereocenters. The SMILES string of the molecule is O=CO.O=COC1CC2CCC1C2CO.